The van der Waals surface area contributed by atoms with Gasteiger partial charge >= 0.3 is 12.0 Å². The largest absolute Gasteiger partial charge is 0.480 e. The number of urea groups is 1. The lowest BCUT2D eigenvalue weighted by atomic mass is 9.75. The molecule has 0 aromatic heterocycles. The fourth-order valence-corrected chi connectivity index (χ4v) is 3.59. The molecule has 3 N–H and O–H groups in total. The van der Waals surface area contributed by atoms with Gasteiger partial charge in [-0.3, -0.25) is 0 Å². The summed E-state index contributed by atoms with van der Waals surface area (Å²) in [6.45, 7) is 4.15. The van der Waals surface area contributed by atoms with E-state index in [1.165, 1.54) is 0 Å². The second kappa shape index (κ2) is 8.51. The van der Waals surface area contributed by atoms with Gasteiger partial charge in [-0.05, 0) is 44.3 Å². The van der Waals surface area contributed by atoms with Gasteiger partial charge < -0.3 is 15.7 Å². The third kappa shape index (κ3) is 5.09. The molecular weight excluding hydrogens is 288 g/mol. The number of rotatable bonds is 7. The number of carboxylic acids is 1. The summed E-state index contributed by atoms with van der Waals surface area (Å²) >= 11 is 1.67. The van der Waals surface area contributed by atoms with E-state index in [1.807, 2.05) is 13.2 Å². The molecule has 1 saturated carbocycles. The first-order chi connectivity index (χ1) is 9.97. The predicted molar refractivity (Wildman–Crippen MR) is 86.7 cm³/mol. The molecule has 1 rings (SSSR count). The smallest absolute Gasteiger partial charge is 0.329 e. The van der Waals surface area contributed by atoms with Crippen molar-refractivity contribution < 1.29 is 14.7 Å². The highest BCUT2D eigenvalue weighted by molar-refractivity contribution is 7.98. The van der Waals surface area contributed by atoms with Crippen molar-refractivity contribution in [3.63, 3.8) is 0 Å². The third-order valence-corrected chi connectivity index (χ3v) is 5.23. The maximum absolute atomic E-state index is 12.1. The molecular formula is C15H28N2O3S. The molecule has 0 saturated heterocycles. The van der Waals surface area contributed by atoms with Gasteiger partial charge in [0.15, 0.2) is 0 Å². The molecule has 21 heavy (non-hydrogen) atoms. The fourth-order valence-electron chi connectivity index (χ4n) is 2.87. The van der Waals surface area contributed by atoms with Crippen molar-refractivity contribution in [3.05, 3.63) is 0 Å². The number of aliphatic carboxylic acids is 1. The minimum atomic E-state index is -1.09. The van der Waals surface area contributed by atoms with Gasteiger partial charge in [0.25, 0.3) is 0 Å². The van der Waals surface area contributed by atoms with Gasteiger partial charge in [-0.1, -0.05) is 20.3 Å². The SMILES string of the molecule is CCC1CCC(NC(=O)NC(CC)CSC)(C(=O)O)CC1. The first-order valence-corrected chi connectivity index (χ1v) is 9.17. The lowest BCUT2D eigenvalue weighted by molar-refractivity contribution is -0.146. The Morgan fingerprint density at radius 2 is 1.95 bits per heavy atom. The minimum absolute atomic E-state index is 0.0813. The van der Waals surface area contributed by atoms with Crippen LogP contribution in [0.4, 0.5) is 4.79 Å². The number of carbonyl (C=O) groups is 2. The topological polar surface area (TPSA) is 78.4 Å². The molecule has 1 atom stereocenters. The van der Waals surface area contributed by atoms with E-state index < -0.39 is 11.5 Å². The molecule has 1 aliphatic carbocycles. The lowest BCUT2D eigenvalue weighted by Gasteiger charge is -2.37. The standard InChI is InChI=1S/C15H28N2O3S/c1-4-11-6-8-15(9-7-11,13(18)19)17-14(20)16-12(5-2)10-21-3/h11-12H,4-10H2,1-3H3,(H,18,19)(H2,16,17,20). The molecule has 1 fully saturated rings. The van der Waals surface area contributed by atoms with E-state index in [0.29, 0.717) is 18.8 Å². The quantitative estimate of drug-likeness (QED) is 0.675. The number of nitrogens with one attached hydrogen (secondary N) is 2. The molecule has 0 heterocycles. The first kappa shape index (κ1) is 18.1. The molecule has 1 unspecified atom stereocenters. The van der Waals surface area contributed by atoms with Crippen LogP contribution in [0.25, 0.3) is 0 Å². The van der Waals surface area contributed by atoms with Gasteiger partial charge in [0, 0.05) is 11.8 Å². The molecule has 122 valence electrons. The van der Waals surface area contributed by atoms with Crippen molar-refractivity contribution in [1.82, 2.24) is 10.6 Å². The Hall–Kier alpha value is -0.910. The summed E-state index contributed by atoms with van der Waals surface area (Å²) in [5.41, 5.74) is -1.09. The molecule has 6 heteroatoms. The molecule has 2 amide bonds. The Morgan fingerprint density at radius 3 is 2.38 bits per heavy atom. The van der Waals surface area contributed by atoms with Gasteiger partial charge in [0.05, 0.1) is 0 Å². The van der Waals surface area contributed by atoms with E-state index in [1.54, 1.807) is 11.8 Å². The number of hydrogen-bond acceptors (Lipinski definition) is 3. The Labute approximate surface area is 131 Å². The van der Waals surface area contributed by atoms with Crippen LogP contribution in [0.5, 0.6) is 0 Å². The highest BCUT2D eigenvalue weighted by Gasteiger charge is 2.43. The summed E-state index contributed by atoms with van der Waals surface area (Å²) in [5, 5.41) is 15.2. The van der Waals surface area contributed by atoms with E-state index in [-0.39, 0.29) is 12.1 Å². The lowest BCUT2D eigenvalue weighted by Crippen LogP contribution is -2.59. The molecule has 0 radical (unpaired) electrons. The highest BCUT2D eigenvalue weighted by atomic mass is 32.2. The molecule has 0 aromatic carbocycles. The van der Waals surface area contributed by atoms with Gasteiger partial charge in [0.1, 0.15) is 5.54 Å². The van der Waals surface area contributed by atoms with Crippen LogP contribution in [-0.2, 0) is 4.79 Å². The normalized spacial score (nSPS) is 26.9. The summed E-state index contributed by atoms with van der Waals surface area (Å²) in [6.07, 6.45) is 6.68. The van der Waals surface area contributed by atoms with E-state index >= 15 is 0 Å². The number of amides is 2. The maximum atomic E-state index is 12.1. The highest BCUT2D eigenvalue weighted by Crippen LogP contribution is 2.34. The van der Waals surface area contributed by atoms with Crippen LogP contribution >= 0.6 is 11.8 Å². The Morgan fingerprint density at radius 1 is 1.33 bits per heavy atom. The van der Waals surface area contributed by atoms with Gasteiger partial charge in [0.2, 0.25) is 0 Å². The van der Waals surface area contributed by atoms with E-state index in [0.717, 1.165) is 31.4 Å². The molecule has 0 spiro atoms. The number of carboxylic acid groups (broad SMARTS) is 1. The van der Waals surface area contributed by atoms with Crippen LogP contribution in [-0.4, -0.2) is 40.7 Å². The number of thioether (sulfide) groups is 1. The van der Waals surface area contributed by atoms with Crippen molar-refractivity contribution in [1.29, 1.82) is 0 Å². The van der Waals surface area contributed by atoms with Gasteiger partial charge in [-0.2, -0.15) is 11.8 Å². The second-order valence-electron chi connectivity index (χ2n) is 5.90. The van der Waals surface area contributed by atoms with E-state index in [2.05, 4.69) is 17.6 Å². The minimum Gasteiger partial charge on any atom is -0.480 e. The Bertz CT molecular complexity index is 355. The second-order valence-corrected chi connectivity index (χ2v) is 6.81. The van der Waals surface area contributed by atoms with Crippen LogP contribution < -0.4 is 10.6 Å². The zero-order chi connectivity index (χ0) is 15.9. The molecule has 0 aromatic rings. The monoisotopic (exact) mass is 316 g/mol. The first-order valence-electron chi connectivity index (χ1n) is 7.78. The summed E-state index contributed by atoms with van der Waals surface area (Å²) < 4.78 is 0. The van der Waals surface area contributed by atoms with Gasteiger partial charge in [-0.15, -0.1) is 0 Å². The Balaban J connectivity index is 2.62. The van der Waals surface area contributed by atoms with Crippen molar-refractivity contribution in [2.24, 2.45) is 5.92 Å². The molecule has 0 aliphatic heterocycles. The van der Waals surface area contributed by atoms with Crippen LogP contribution in [0.15, 0.2) is 0 Å². The summed E-state index contributed by atoms with van der Waals surface area (Å²) in [5.74, 6) is 0.509. The third-order valence-electron chi connectivity index (χ3n) is 4.49. The van der Waals surface area contributed by atoms with Crippen molar-refractivity contribution in [2.75, 3.05) is 12.0 Å². The zero-order valence-corrected chi connectivity index (χ0v) is 14.1. The summed E-state index contributed by atoms with van der Waals surface area (Å²) in [6, 6.07) is -0.272. The predicted octanol–water partition coefficient (Wildman–Crippen LogP) is 2.85. The van der Waals surface area contributed by atoms with Crippen LogP contribution in [0.3, 0.4) is 0 Å². The number of hydrogen-bond donors (Lipinski definition) is 3. The van der Waals surface area contributed by atoms with Crippen LogP contribution in [0, 0.1) is 5.92 Å². The van der Waals surface area contributed by atoms with E-state index in [4.69, 9.17) is 0 Å². The Kier molecular flexibility index (Phi) is 7.35. The average molecular weight is 316 g/mol. The van der Waals surface area contributed by atoms with Crippen molar-refractivity contribution >= 4 is 23.8 Å². The average Bonchev–Trinajstić information content (AvgIpc) is 2.47. The van der Waals surface area contributed by atoms with Gasteiger partial charge in [-0.25, -0.2) is 9.59 Å². The maximum Gasteiger partial charge on any atom is 0.329 e. The van der Waals surface area contributed by atoms with Crippen molar-refractivity contribution in [3.8, 4) is 0 Å². The molecule has 1 aliphatic rings. The summed E-state index contributed by atoms with van der Waals surface area (Å²) in [4.78, 5) is 23.8. The fraction of sp³-hybridized carbons (Fsp3) is 0.867. The summed E-state index contributed by atoms with van der Waals surface area (Å²) in [7, 11) is 0. The van der Waals surface area contributed by atoms with Crippen LogP contribution in [0.2, 0.25) is 0 Å². The van der Waals surface area contributed by atoms with Crippen LogP contribution in [0.1, 0.15) is 52.4 Å². The van der Waals surface area contributed by atoms with E-state index in [9.17, 15) is 14.7 Å². The van der Waals surface area contributed by atoms with Crippen molar-refractivity contribution in [2.45, 2.75) is 64.0 Å². The molecule has 5 nitrogen and oxygen atoms in total. The zero-order valence-electron chi connectivity index (χ0n) is 13.3. The molecule has 0 bridgehead atoms. The number of carbonyl (C=O) groups excluding carboxylic acids is 1.